The Bertz CT molecular complexity index is 1140. The van der Waals surface area contributed by atoms with Crippen molar-refractivity contribution in [3.05, 3.63) is 52.3 Å². The molecule has 1 aromatic heterocycles. The van der Waals surface area contributed by atoms with Crippen molar-refractivity contribution in [3.8, 4) is 6.07 Å². The van der Waals surface area contributed by atoms with Gasteiger partial charge in [-0.05, 0) is 32.0 Å². The Labute approximate surface area is 180 Å². The van der Waals surface area contributed by atoms with Gasteiger partial charge in [0.05, 0.1) is 11.1 Å². The van der Waals surface area contributed by atoms with Crippen molar-refractivity contribution in [2.24, 2.45) is 7.05 Å². The first-order valence-corrected chi connectivity index (χ1v) is 9.52. The number of hydrogen-bond donors (Lipinski definition) is 3. The number of nitrogens with zero attached hydrogens (tertiary/aromatic N) is 2. The highest BCUT2D eigenvalue weighted by Crippen LogP contribution is 2.45. The fourth-order valence-corrected chi connectivity index (χ4v) is 3.90. The van der Waals surface area contributed by atoms with Crippen molar-refractivity contribution in [1.29, 1.82) is 5.26 Å². The van der Waals surface area contributed by atoms with E-state index >= 15 is 4.39 Å². The number of aromatic nitrogens is 1. The van der Waals surface area contributed by atoms with Gasteiger partial charge in [-0.1, -0.05) is 0 Å². The van der Waals surface area contributed by atoms with Gasteiger partial charge in [0, 0.05) is 36.8 Å². The maximum absolute atomic E-state index is 15.1. The van der Waals surface area contributed by atoms with Gasteiger partial charge in [0.25, 0.3) is 17.6 Å². The van der Waals surface area contributed by atoms with Crippen LogP contribution in [-0.4, -0.2) is 32.8 Å². The van der Waals surface area contributed by atoms with E-state index in [1.54, 1.807) is 6.07 Å². The van der Waals surface area contributed by atoms with Gasteiger partial charge in [-0.2, -0.15) is 5.26 Å². The number of aliphatic hydroxyl groups excluding tert-OH is 1. The monoisotopic (exact) mass is 452 g/mol. The molecule has 11 heteroatoms. The second-order valence-electron chi connectivity index (χ2n) is 8.13. The summed E-state index contributed by atoms with van der Waals surface area (Å²) in [6.07, 6.45) is -2.99. The fraction of sp³-hybridized carbons (Fsp3) is 0.381. The lowest BCUT2D eigenvalue weighted by atomic mass is 9.75. The van der Waals surface area contributed by atoms with E-state index < -0.39 is 59.4 Å². The Morgan fingerprint density at radius 3 is 2.47 bits per heavy atom. The van der Waals surface area contributed by atoms with Crippen molar-refractivity contribution >= 4 is 17.4 Å². The summed E-state index contributed by atoms with van der Waals surface area (Å²) >= 11 is 0. The highest BCUT2D eigenvalue weighted by atomic mass is 19.3. The molecule has 1 fully saturated rings. The highest BCUT2D eigenvalue weighted by molar-refractivity contribution is 6.43. The van der Waals surface area contributed by atoms with E-state index in [0.29, 0.717) is 0 Å². The number of anilines is 1. The molecule has 0 radical (unpaired) electrons. The second-order valence-corrected chi connectivity index (χ2v) is 8.13. The molecule has 0 saturated heterocycles. The topological polar surface area (TPSA) is 107 Å². The molecular weight excluding hydrogens is 432 g/mol. The summed E-state index contributed by atoms with van der Waals surface area (Å²) in [6, 6.07) is 4.96. The summed E-state index contributed by atoms with van der Waals surface area (Å²) in [7, 11) is 1.35. The minimum absolute atomic E-state index is 0.0272. The van der Waals surface area contributed by atoms with E-state index in [0.717, 1.165) is 16.7 Å². The Morgan fingerprint density at radius 2 is 1.91 bits per heavy atom. The van der Waals surface area contributed by atoms with Gasteiger partial charge in [0.2, 0.25) is 0 Å². The standard InChI is InChI=1S/C21H20F4N4O3/c1-10-14(17(30)19(32)28-20(2)8-21(24,25)9-20)15(23)16(29(10)3)18(31)27-12-4-5-13(22)11(6-12)7-26/h4-6,18,27,31H,8-9H2,1-3H3,(H,28,32). The van der Waals surface area contributed by atoms with Crippen LogP contribution in [0, 0.1) is 29.9 Å². The molecule has 1 aliphatic carbocycles. The normalized spacial score (nSPS) is 17.1. The molecule has 0 aliphatic heterocycles. The van der Waals surface area contributed by atoms with Crippen LogP contribution in [0.4, 0.5) is 23.2 Å². The number of benzene rings is 1. The molecule has 1 heterocycles. The molecule has 1 aromatic carbocycles. The summed E-state index contributed by atoms with van der Waals surface area (Å²) < 4.78 is 56.1. The molecule has 0 bridgehead atoms. The van der Waals surface area contributed by atoms with Crippen LogP contribution in [0.3, 0.4) is 0 Å². The zero-order valence-corrected chi connectivity index (χ0v) is 17.4. The Hall–Kier alpha value is -3.39. The number of hydrogen-bond acceptors (Lipinski definition) is 5. The zero-order valence-electron chi connectivity index (χ0n) is 17.4. The number of Topliss-reactive ketones (excluding diaryl/α,β-unsaturated/α-hetero) is 1. The molecule has 3 rings (SSSR count). The average Bonchev–Trinajstić information content (AvgIpc) is 2.89. The van der Waals surface area contributed by atoms with Crippen molar-refractivity contribution in [2.45, 2.75) is 44.4 Å². The number of carbonyl (C=O) groups excluding carboxylic acids is 2. The third-order valence-electron chi connectivity index (χ3n) is 5.47. The molecule has 1 aliphatic rings. The third kappa shape index (κ3) is 4.18. The van der Waals surface area contributed by atoms with Crippen molar-refractivity contribution in [1.82, 2.24) is 9.88 Å². The molecular formula is C21H20F4N4O3. The SMILES string of the molecule is Cc1c(C(=O)C(=O)NC2(C)CC(F)(F)C2)c(F)c(C(O)Nc2ccc(F)c(C#N)c2)n1C. The molecule has 7 nitrogen and oxygen atoms in total. The highest BCUT2D eigenvalue weighted by Gasteiger charge is 2.55. The van der Waals surface area contributed by atoms with Crippen molar-refractivity contribution in [3.63, 3.8) is 0 Å². The Morgan fingerprint density at radius 1 is 1.28 bits per heavy atom. The van der Waals surface area contributed by atoms with E-state index in [9.17, 15) is 27.9 Å². The largest absolute Gasteiger partial charge is 0.368 e. The molecule has 3 N–H and O–H groups in total. The smallest absolute Gasteiger partial charge is 0.293 e. The van der Waals surface area contributed by atoms with Gasteiger partial charge in [0.15, 0.2) is 12.0 Å². The Balaban J connectivity index is 1.84. The molecule has 1 saturated carbocycles. The number of halogens is 4. The summed E-state index contributed by atoms with van der Waals surface area (Å²) in [6.45, 7) is 2.71. The van der Waals surface area contributed by atoms with Gasteiger partial charge in [-0.15, -0.1) is 0 Å². The lowest BCUT2D eigenvalue weighted by Gasteiger charge is -2.45. The van der Waals surface area contributed by atoms with E-state index in [4.69, 9.17) is 5.26 Å². The van der Waals surface area contributed by atoms with Crippen LogP contribution in [-0.2, 0) is 11.8 Å². The number of ketones is 1. The van der Waals surface area contributed by atoms with E-state index in [2.05, 4.69) is 10.6 Å². The second kappa shape index (κ2) is 7.94. The summed E-state index contributed by atoms with van der Waals surface area (Å²) in [5.41, 5.74) is -2.43. The quantitative estimate of drug-likeness (QED) is 0.270. The molecule has 0 spiro atoms. The first kappa shape index (κ1) is 23.3. The van der Waals surface area contributed by atoms with Crippen LogP contribution >= 0.6 is 0 Å². The maximum atomic E-state index is 15.1. The first-order chi connectivity index (χ1) is 14.8. The zero-order chi connectivity index (χ0) is 24.0. The summed E-state index contributed by atoms with van der Waals surface area (Å²) in [5, 5.41) is 24.1. The molecule has 2 aromatic rings. The van der Waals surface area contributed by atoms with Crippen LogP contribution < -0.4 is 10.6 Å². The summed E-state index contributed by atoms with van der Waals surface area (Å²) in [5.74, 6) is -7.38. The number of alkyl halides is 2. The van der Waals surface area contributed by atoms with Crippen LogP contribution in [0.25, 0.3) is 0 Å². The average molecular weight is 452 g/mol. The van der Waals surface area contributed by atoms with Gasteiger partial charge in [-0.3, -0.25) is 9.59 Å². The van der Waals surface area contributed by atoms with Crippen LogP contribution in [0.2, 0.25) is 0 Å². The van der Waals surface area contributed by atoms with Gasteiger partial charge in [0.1, 0.15) is 17.6 Å². The van der Waals surface area contributed by atoms with Crippen LogP contribution in [0.15, 0.2) is 18.2 Å². The molecule has 1 atom stereocenters. The molecule has 1 unspecified atom stereocenters. The predicted molar refractivity (Wildman–Crippen MR) is 105 cm³/mol. The predicted octanol–water partition coefficient (Wildman–Crippen LogP) is 3.07. The minimum Gasteiger partial charge on any atom is -0.368 e. The summed E-state index contributed by atoms with van der Waals surface area (Å²) in [4.78, 5) is 24.9. The Kier molecular flexibility index (Phi) is 5.78. The van der Waals surface area contributed by atoms with E-state index in [-0.39, 0.29) is 22.6 Å². The number of aliphatic hydroxyl groups is 1. The first-order valence-electron chi connectivity index (χ1n) is 9.52. The van der Waals surface area contributed by atoms with Gasteiger partial charge in [-0.25, -0.2) is 17.6 Å². The van der Waals surface area contributed by atoms with Crippen molar-refractivity contribution < 1.29 is 32.3 Å². The van der Waals surface area contributed by atoms with Gasteiger partial charge >= 0.3 is 0 Å². The van der Waals surface area contributed by atoms with E-state index in [1.165, 1.54) is 27.0 Å². The molecule has 32 heavy (non-hydrogen) atoms. The number of amides is 1. The lowest BCUT2D eigenvalue weighted by molar-refractivity contribution is -0.140. The minimum atomic E-state index is -2.94. The lowest BCUT2D eigenvalue weighted by Crippen LogP contribution is -2.61. The van der Waals surface area contributed by atoms with Gasteiger partial charge < -0.3 is 20.3 Å². The number of nitriles is 1. The number of nitrogens with one attached hydrogen (secondary N) is 2. The third-order valence-corrected chi connectivity index (χ3v) is 5.47. The van der Waals surface area contributed by atoms with Crippen LogP contribution in [0.5, 0.6) is 0 Å². The number of rotatable bonds is 6. The van der Waals surface area contributed by atoms with Crippen molar-refractivity contribution in [2.75, 3.05) is 5.32 Å². The van der Waals surface area contributed by atoms with E-state index in [1.807, 2.05) is 0 Å². The molecule has 1 amide bonds. The fourth-order valence-electron chi connectivity index (χ4n) is 3.90. The maximum Gasteiger partial charge on any atom is 0.293 e. The molecule has 170 valence electrons. The van der Waals surface area contributed by atoms with Crippen LogP contribution in [0.1, 0.15) is 53.3 Å². The number of carbonyl (C=O) groups is 2.